The maximum Gasteiger partial charge on any atom is 0.410 e. The summed E-state index contributed by atoms with van der Waals surface area (Å²) in [4.78, 5) is 26.1. The van der Waals surface area contributed by atoms with Gasteiger partial charge in [0.15, 0.2) is 0 Å². The van der Waals surface area contributed by atoms with Crippen LogP contribution < -0.4 is 10.5 Å². The van der Waals surface area contributed by atoms with E-state index in [1.54, 1.807) is 44.9 Å². The van der Waals surface area contributed by atoms with Crippen LogP contribution in [0.25, 0.3) is 5.70 Å². The summed E-state index contributed by atoms with van der Waals surface area (Å²) in [6, 6.07) is 5.45. The topological polar surface area (TPSA) is 102 Å². The second-order valence-electron chi connectivity index (χ2n) is 8.23. The molecule has 7 heteroatoms. The summed E-state index contributed by atoms with van der Waals surface area (Å²) in [7, 11) is 1.59. The molecule has 146 valence electrons. The first kappa shape index (κ1) is 19.1. The van der Waals surface area contributed by atoms with Gasteiger partial charge < -0.3 is 25.2 Å². The normalized spacial score (nSPS) is 22.0. The Bertz CT molecular complexity index is 824. The summed E-state index contributed by atoms with van der Waals surface area (Å²) in [5.74, 6) is -0.350. The number of hydrogen-bond acceptors (Lipinski definition) is 5. The summed E-state index contributed by atoms with van der Waals surface area (Å²) in [5, 5.41) is 9.87. The molecule has 1 spiro atoms. The van der Waals surface area contributed by atoms with Crippen molar-refractivity contribution < 1.29 is 24.2 Å². The molecular weight excluding hydrogens is 348 g/mol. The zero-order chi connectivity index (χ0) is 20.0. The Morgan fingerprint density at radius 1 is 1.30 bits per heavy atom. The Balaban J connectivity index is 1.98. The number of carbonyl (C=O) groups excluding carboxylic acids is 1. The fourth-order valence-corrected chi connectivity index (χ4v) is 4.02. The van der Waals surface area contributed by atoms with E-state index in [9.17, 15) is 14.7 Å². The van der Waals surface area contributed by atoms with Crippen LogP contribution in [0.3, 0.4) is 0 Å². The minimum Gasteiger partial charge on any atom is -0.497 e. The van der Waals surface area contributed by atoms with E-state index < -0.39 is 23.1 Å². The van der Waals surface area contributed by atoms with Crippen LogP contribution in [0.15, 0.2) is 23.8 Å². The van der Waals surface area contributed by atoms with E-state index in [-0.39, 0.29) is 17.8 Å². The zero-order valence-corrected chi connectivity index (χ0v) is 16.2. The number of nitrogens with zero attached hydrogens (tertiary/aromatic N) is 1. The minimum atomic E-state index is -1.04. The molecule has 0 bridgehead atoms. The summed E-state index contributed by atoms with van der Waals surface area (Å²) in [6.45, 7) is 6.11. The Kier molecular flexibility index (Phi) is 4.57. The number of fused-ring (bicyclic) bond motifs is 1. The van der Waals surface area contributed by atoms with Crippen LogP contribution in [0.4, 0.5) is 4.79 Å². The SMILES string of the molecule is COc1ccc2c(c1)CC1(CCN(C(=O)OC(C)(C)C)C1)C(C(=O)O)=C2N. The number of carbonyl (C=O) groups is 2. The number of carboxylic acids is 1. The predicted octanol–water partition coefficient (Wildman–Crippen LogP) is 2.63. The Labute approximate surface area is 158 Å². The van der Waals surface area contributed by atoms with Gasteiger partial charge in [0.25, 0.3) is 0 Å². The second-order valence-corrected chi connectivity index (χ2v) is 8.23. The molecule has 0 radical (unpaired) electrons. The van der Waals surface area contributed by atoms with Gasteiger partial charge >= 0.3 is 12.1 Å². The molecule has 27 heavy (non-hydrogen) atoms. The van der Waals surface area contributed by atoms with Crippen molar-refractivity contribution in [3.8, 4) is 5.75 Å². The lowest BCUT2D eigenvalue weighted by Gasteiger charge is -2.36. The zero-order valence-electron chi connectivity index (χ0n) is 16.2. The quantitative estimate of drug-likeness (QED) is 0.825. The number of nitrogens with two attached hydrogens (primary N) is 1. The number of methoxy groups -OCH3 is 1. The fourth-order valence-electron chi connectivity index (χ4n) is 4.02. The van der Waals surface area contributed by atoms with E-state index in [4.69, 9.17) is 15.2 Å². The van der Waals surface area contributed by atoms with Crippen molar-refractivity contribution in [1.82, 2.24) is 4.90 Å². The molecule has 1 aliphatic heterocycles. The number of carboxylic acid groups (broad SMARTS) is 1. The molecule has 0 saturated carbocycles. The molecule has 2 aliphatic rings. The molecule has 1 amide bonds. The second kappa shape index (κ2) is 6.48. The molecule has 1 aliphatic carbocycles. The highest BCUT2D eigenvalue weighted by atomic mass is 16.6. The van der Waals surface area contributed by atoms with Crippen molar-refractivity contribution >= 4 is 17.8 Å². The van der Waals surface area contributed by atoms with Gasteiger partial charge in [-0.25, -0.2) is 9.59 Å². The molecular formula is C20H26N2O5. The van der Waals surface area contributed by atoms with Crippen molar-refractivity contribution in [3.63, 3.8) is 0 Å². The first-order valence-electron chi connectivity index (χ1n) is 8.95. The number of likely N-dealkylation sites (tertiary alicyclic amines) is 1. The highest BCUT2D eigenvalue weighted by Gasteiger charge is 2.49. The molecule has 1 heterocycles. The summed E-state index contributed by atoms with van der Waals surface area (Å²) < 4.78 is 10.8. The Morgan fingerprint density at radius 3 is 2.59 bits per heavy atom. The molecule has 1 saturated heterocycles. The summed E-state index contributed by atoms with van der Waals surface area (Å²) in [5.41, 5.74) is 7.05. The van der Waals surface area contributed by atoms with Gasteiger partial charge in [-0.15, -0.1) is 0 Å². The predicted molar refractivity (Wildman–Crippen MR) is 100 cm³/mol. The first-order chi connectivity index (χ1) is 12.6. The molecule has 3 rings (SSSR count). The van der Waals surface area contributed by atoms with Crippen LogP contribution in [0.5, 0.6) is 5.75 Å². The monoisotopic (exact) mass is 374 g/mol. The van der Waals surface area contributed by atoms with Crippen LogP contribution in [-0.4, -0.2) is 47.9 Å². The van der Waals surface area contributed by atoms with Gasteiger partial charge in [0.1, 0.15) is 11.4 Å². The van der Waals surface area contributed by atoms with E-state index in [0.717, 1.165) is 11.1 Å². The first-order valence-corrected chi connectivity index (χ1v) is 8.95. The minimum absolute atomic E-state index is 0.186. The number of ether oxygens (including phenoxy) is 2. The van der Waals surface area contributed by atoms with Crippen molar-refractivity contribution in [3.05, 3.63) is 34.9 Å². The molecule has 1 aromatic carbocycles. The van der Waals surface area contributed by atoms with Crippen LogP contribution in [0.1, 0.15) is 38.3 Å². The van der Waals surface area contributed by atoms with E-state index in [0.29, 0.717) is 25.1 Å². The Hall–Kier alpha value is -2.70. The number of rotatable bonds is 2. The van der Waals surface area contributed by atoms with Crippen molar-refractivity contribution in [2.24, 2.45) is 11.1 Å². The van der Waals surface area contributed by atoms with E-state index in [1.165, 1.54) is 0 Å². The van der Waals surface area contributed by atoms with Gasteiger partial charge in [-0.2, -0.15) is 0 Å². The summed E-state index contributed by atoms with van der Waals surface area (Å²) in [6.07, 6.45) is 0.575. The third-order valence-electron chi connectivity index (χ3n) is 5.15. The van der Waals surface area contributed by atoms with E-state index in [2.05, 4.69) is 0 Å². The van der Waals surface area contributed by atoms with Crippen molar-refractivity contribution in [2.75, 3.05) is 20.2 Å². The number of aliphatic carboxylic acids is 1. The van der Waals surface area contributed by atoms with Gasteiger partial charge in [0, 0.05) is 24.1 Å². The van der Waals surface area contributed by atoms with E-state index in [1.807, 2.05) is 6.07 Å². The van der Waals surface area contributed by atoms with Crippen molar-refractivity contribution in [1.29, 1.82) is 0 Å². The van der Waals surface area contributed by atoms with Gasteiger partial charge in [-0.05, 0) is 57.4 Å². The van der Waals surface area contributed by atoms with Gasteiger partial charge in [-0.1, -0.05) is 0 Å². The number of benzene rings is 1. The van der Waals surface area contributed by atoms with E-state index >= 15 is 0 Å². The van der Waals surface area contributed by atoms with Crippen molar-refractivity contribution in [2.45, 2.75) is 39.2 Å². The molecule has 1 atom stereocenters. The lowest BCUT2D eigenvalue weighted by molar-refractivity contribution is -0.134. The molecule has 1 fully saturated rings. The average molecular weight is 374 g/mol. The summed E-state index contributed by atoms with van der Waals surface area (Å²) >= 11 is 0. The molecule has 3 N–H and O–H groups in total. The van der Waals surface area contributed by atoms with Gasteiger partial charge in [0.2, 0.25) is 0 Å². The highest BCUT2D eigenvalue weighted by molar-refractivity contribution is 5.99. The third kappa shape index (κ3) is 3.46. The molecule has 1 unspecified atom stereocenters. The Morgan fingerprint density at radius 2 is 2.00 bits per heavy atom. The highest BCUT2D eigenvalue weighted by Crippen LogP contribution is 2.48. The van der Waals surface area contributed by atoms with Crippen LogP contribution in [0.2, 0.25) is 0 Å². The smallest absolute Gasteiger partial charge is 0.410 e. The maximum atomic E-state index is 12.5. The number of amides is 1. The van der Waals surface area contributed by atoms with Crippen LogP contribution in [-0.2, 0) is 16.0 Å². The average Bonchev–Trinajstić information content (AvgIpc) is 2.96. The standard InChI is InChI=1S/C20H26N2O5/c1-19(2,3)27-18(25)22-8-7-20(11-22)10-12-9-13(26-4)5-6-14(12)16(21)15(20)17(23)24/h5-6,9H,7-8,10-11,21H2,1-4H3,(H,23,24). The fraction of sp³-hybridized carbons (Fsp3) is 0.500. The van der Waals surface area contributed by atoms with Gasteiger partial charge in [0.05, 0.1) is 18.4 Å². The molecule has 7 nitrogen and oxygen atoms in total. The lowest BCUT2D eigenvalue weighted by Crippen LogP contribution is -2.41. The maximum absolute atomic E-state index is 12.5. The lowest BCUT2D eigenvalue weighted by atomic mass is 9.68. The third-order valence-corrected chi connectivity index (χ3v) is 5.15. The van der Waals surface area contributed by atoms with Gasteiger partial charge in [-0.3, -0.25) is 0 Å². The van der Waals surface area contributed by atoms with Crippen LogP contribution in [0, 0.1) is 5.41 Å². The van der Waals surface area contributed by atoms with Crippen LogP contribution >= 0.6 is 0 Å². The molecule has 0 aromatic heterocycles. The number of hydrogen-bond donors (Lipinski definition) is 2. The largest absolute Gasteiger partial charge is 0.497 e. The molecule has 1 aromatic rings.